The molecule has 1 heterocycles. The lowest BCUT2D eigenvalue weighted by Crippen LogP contribution is -2.34. The topological polar surface area (TPSA) is 29.1 Å². The minimum Gasteiger partial charge on any atom is -0.350 e. The van der Waals surface area contributed by atoms with E-state index in [1.54, 1.807) is 17.4 Å². The number of thiophene rings is 1. The Morgan fingerprint density at radius 3 is 2.61 bits per heavy atom. The van der Waals surface area contributed by atoms with Gasteiger partial charge in [-0.2, -0.15) is 0 Å². The van der Waals surface area contributed by atoms with Crippen LogP contribution in [0.1, 0.15) is 49.8 Å². The van der Waals surface area contributed by atoms with Crippen molar-refractivity contribution in [1.29, 1.82) is 0 Å². The standard InChI is InChI=1S/C15H21NOS/c17-15(11-10-14-9-6-12-18-14)16-13-7-4-2-1-3-5-8-13/h6,9-13H,1-5,7-8H2,(H,16,17)/b11-10+. The summed E-state index contributed by atoms with van der Waals surface area (Å²) in [5.74, 6) is 0.0500. The molecule has 98 valence electrons. The molecule has 1 saturated carbocycles. The second-order valence-electron chi connectivity index (χ2n) is 4.90. The molecule has 0 radical (unpaired) electrons. The van der Waals surface area contributed by atoms with Crippen molar-refractivity contribution in [2.45, 2.75) is 51.0 Å². The summed E-state index contributed by atoms with van der Waals surface area (Å²) in [6, 6.07) is 4.40. The second-order valence-corrected chi connectivity index (χ2v) is 5.88. The Balaban J connectivity index is 1.78. The average Bonchev–Trinajstić information content (AvgIpc) is 2.83. The molecule has 1 aliphatic carbocycles. The van der Waals surface area contributed by atoms with E-state index in [0.717, 1.165) is 17.7 Å². The molecule has 1 aromatic heterocycles. The van der Waals surface area contributed by atoms with E-state index in [1.165, 1.54) is 32.1 Å². The van der Waals surface area contributed by atoms with Gasteiger partial charge in [-0.3, -0.25) is 4.79 Å². The van der Waals surface area contributed by atoms with Crippen LogP contribution in [-0.2, 0) is 4.79 Å². The Hall–Kier alpha value is -1.09. The lowest BCUT2D eigenvalue weighted by molar-refractivity contribution is -0.117. The molecule has 0 aliphatic heterocycles. The molecule has 1 aromatic rings. The predicted molar refractivity (Wildman–Crippen MR) is 77.6 cm³/mol. The summed E-state index contributed by atoms with van der Waals surface area (Å²) in [6.07, 6.45) is 12.3. The number of carbonyl (C=O) groups excluding carboxylic acids is 1. The van der Waals surface area contributed by atoms with Gasteiger partial charge in [0, 0.05) is 17.0 Å². The average molecular weight is 263 g/mol. The lowest BCUT2D eigenvalue weighted by atomic mass is 9.97. The maximum atomic E-state index is 11.8. The Labute approximate surface area is 113 Å². The third-order valence-electron chi connectivity index (χ3n) is 3.39. The SMILES string of the molecule is O=C(/C=C/c1cccs1)NC1CCCCCCC1. The number of hydrogen-bond donors (Lipinski definition) is 1. The molecule has 18 heavy (non-hydrogen) atoms. The van der Waals surface area contributed by atoms with Crippen LogP contribution in [0.4, 0.5) is 0 Å². The molecule has 1 aliphatic rings. The molecule has 1 amide bonds. The second kappa shape index (κ2) is 7.37. The molecule has 0 bridgehead atoms. The normalized spacial score (nSPS) is 18.4. The van der Waals surface area contributed by atoms with Crippen LogP contribution in [0.5, 0.6) is 0 Å². The molecule has 2 nitrogen and oxygen atoms in total. The Morgan fingerprint density at radius 1 is 1.22 bits per heavy atom. The zero-order chi connectivity index (χ0) is 12.6. The smallest absolute Gasteiger partial charge is 0.244 e. The van der Waals surface area contributed by atoms with E-state index in [2.05, 4.69) is 5.32 Å². The maximum absolute atomic E-state index is 11.8. The predicted octanol–water partition coefficient (Wildman–Crippen LogP) is 3.99. The van der Waals surface area contributed by atoms with Crippen molar-refractivity contribution in [2.75, 3.05) is 0 Å². The van der Waals surface area contributed by atoms with Crippen LogP contribution >= 0.6 is 11.3 Å². The summed E-state index contributed by atoms with van der Waals surface area (Å²) in [5, 5.41) is 5.15. The van der Waals surface area contributed by atoms with Gasteiger partial charge in [0.1, 0.15) is 0 Å². The molecule has 0 aromatic carbocycles. The molecule has 0 unspecified atom stereocenters. The summed E-state index contributed by atoms with van der Waals surface area (Å²) in [6.45, 7) is 0. The van der Waals surface area contributed by atoms with Crippen molar-refractivity contribution < 1.29 is 4.79 Å². The minimum atomic E-state index is 0.0500. The van der Waals surface area contributed by atoms with Crippen molar-refractivity contribution in [3.63, 3.8) is 0 Å². The fraction of sp³-hybridized carbons (Fsp3) is 0.533. The zero-order valence-electron chi connectivity index (χ0n) is 10.7. The van der Waals surface area contributed by atoms with Crippen LogP contribution in [0.2, 0.25) is 0 Å². The van der Waals surface area contributed by atoms with E-state index in [0.29, 0.717) is 6.04 Å². The molecule has 0 spiro atoms. The maximum Gasteiger partial charge on any atom is 0.244 e. The van der Waals surface area contributed by atoms with Gasteiger partial charge in [-0.15, -0.1) is 11.3 Å². The van der Waals surface area contributed by atoms with Gasteiger partial charge in [0.25, 0.3) is 0 Å². The highest BCUT2D eigenvalue weighted by molar-refractivity contribution is 7.10. The first kappa shape index (κ1) is 13.3. The van der Waals surface area contributed by atoms with E-state index in [9.17, 15) is 4.79 Å². The monoisotopic (exact) mass is 263 g/mol. The molecule has 1 N–H and O–H groups in total. The molecule has 2 rings (SSSR count). The van der Waals surface area contributed by atoms with Crippen LogP contribution in [0.25, 0.3) is 6.08 Å². The minimum absolute atomic E-state index is 0.0500. The van der Waals surface area contributed by atoms with Gasteiger partial charge in [-0.1, -0.05) is 38.2 Å². The Bertz CT molecular complexity index is 375. The van der Waals surface area contributed by atoms with Crippen molar-refractivity contribution in [2.24, 2.45) is 0 Å². The summed E-state index contributed by atoms with van der Waals surface area (Å²) >= 11 is 1.65. The van der Waals surface area contributed by atoms with Gasteiger partial charge in [0.2, 0.25) is 5.91 Å². The van der Waals surface area contributed by atoms with E-state index >= 15 is 0 Å². The number of carbonyl (C=O) groups is 1. The first-order chi connectivity index (χ1) is 8.84. The Morgan fingerprint density at radius 2 is 1.94 bits per heavy atom. The van der Waals surface area contributed by atoms with Crippen molar-refractivity contribution >= 4 is 23.3 Å². The van der Waals surface area contributed by atoms with Crippen molar-refractivity contribution in [3.8, 4) is 0 Å². The molecule has 0 saturated heterocycles. The first-order valence-corrected chi connectivity index (χ1v) is 7.74. The van der Waals surface area contributed by atoms with E-state index in [-0.39, 0.29) is 5.91 Å². The van der Waals surface area contributed by atoms with Gasteiger partial charge in [-0.05, 0) is 30.4 Å². The fourth-order valence-corrected chi connectivity index (χ4v) is 3.01. The van der Waals surface area contributed by atoms with Crippen molar-refractivity contribution in [3.05, 3.63) is 28.5 Å². The molecular formula is C15H21NOS. The Kier molecular flexibility index (Phi) is 5.46. The third-order valence-corrected chi connectivity index (χ3v) is 4.23. The van der Waals surface area contributed by atoms with Gasteiger partial charge >= 0.3 is 0 Å². The van der Waals surface area contributed by atoms with Gasteiger partial charge in [-0.25, -0.2) is 0 Å². The number of amides is 1. The van der Waals surface area contributed by atoms with Crippen LogP contribution in [0, 0.1) is 0 Å². The van der Waals surface area contributed by atoms with Crippen molar-refractivity contribution in [1.82, 2.24) is 5.32 Å². The number of nitrogens with one attached hydrogen (secondary N) is 1. The van der Waals surface area contributed by atoms with Crippen LogP contribution in [0.3, 0.4) is 0 Å². The first-order valence-electron chi connectivity index (χ1n) is 6.87. The van der Waals surface area contributed by atoms with Crippen LogP contribution in [-0.4, -0.2) is 11.9 Å². The highest BCUT2D eigenvalue weighted by Crippen LogP contribution is 2.17. The summed E-state index contributed by atoms with van der Waals surface area (Å²) in [5.41, 5.74) is 0. The van der Waals surface area contributed by atoms with E-state index in [4.69, 9.17) is 0 Å². The third kappa shape index (κ3) is 4.65. The highest BCUT2D eigenvalue weighted by Gasteiger charge is 2.12. The molecule has 1 fully saturated rings. The highest BCUT2D eigenvalue weighted by atomic mass is 32.1. The summed E-state index contributed by atoms with van der Waals surface area (Å²) in [7, 11) is 0. The fourth-order valence-electron chi connectivity index (χ4n) is 2.39. The van der Waals surface area contributed by atoms with Crippen LogP contribution < -0.4 is 5.32 Å². The molecule has 3 heteroatoms. The number of rotatable bonds is 3. The zero-order valence-corrected chi connectivity index (χ0v) is 11.5. The summed E-state index contributed by atoms with van der Waals surface area (Å²) in [4.78, 5) is 12.9. The van der Waals surface area contributed by atoms with E-state index in [1.807, 2.05) is 23.6 Å². The largest absolute Gasteiger partial charge is 0.350 e. The van der Waals surface area contributed by atoms with Gasteiger partial charge in [0.15, 0.2) is 0 Å². The molecular weight excluding hydrogens is 242 g/mol. The van der Waals surface area contributed by atoms with Crippen LogP contribution in [0.15, 0.2) is 23.6 Å². The van der Waals surface area contributed by atoms with E-state index < -0.39 is 0 Å². The summed E-state index contributed by atoms with van der Waals surface area (Å²) < 4.78 is 0. The van der Waals surface area contributed by atoms with Gasteiger partial charge < -0.3 is 5.32 Å². The lowest BCUT2D eigenvalue weighted by Gasteiger charge is -2.20. The molecule has 0 atom stereocenters. The number of hydrogen-bond acceptors (Lipinski definition) is 2. The quantitative estimate of drug-likeness (QED) is 0.821. The van der Waals surface area contributed by atoms with Gasteiger partial charge in [0.05, 0.1) is 0 Å².